The number of benzene rings is 4. The number of phenols is 2. The van der Waals surface area contributed by atoms with Crippen molar-refractivity contribution in [2.75, 3.05) is 10.7 Å². The van der Waals surface area contributed by atoms with Crippen LogP contribution in [-0.2, 0) is 15.6 Å². The molecule has 4 aromatic rings. The van der Waals surface area contributed by atoms with Crippen molar-refractivity contribution in [2.24, 2.45) is 0 Å². The number of nitrogens with zero attached hydrogens (tertiary/aromatic N) is 1. The van der Waals surface area contributed by atoms with Crippen molar-refractivity contribution < 1.29 is 28.4 Å². The van der Waals surface area contributed by atoms with E-state index in [4.69, 9.17) is 0 Å². The number of β-lactam (4-membered cyclic amide) rings is 1. The van der Waals surface area contributed by atoms with Gasteiger partial charge in [0.1, 0.15) is 22.6 Å². The number of rotatable bonds is 7. The van der Waals surface area contributed by atoms with Gasteiger partial charge >= 0.3 is 0 Å². The first kappa shape index (κ1) is 24.4. The van der Waals surface area contributed by atoms with E-state index in [1.807, 2.05) is 0 Å². The summed E-state index contributed by atoms with van der Waals surface area (Å²) >= 11 is 0. The summed E-state index contributed by atoms with van der Waals surface area (Å²) in [6, 6.07) is 24.5. The van der Waals surface area contributed by atoms with Crippen molar-refractivity contribution in [2.45, 2.75) is 11.3 Å². The number of carbonyl (C=O) groups excluding carboxylic acids is 2. The highest BCUT2D eigenvalue weighted by Gasteiger charge is 2.53. The molecule has 2 N–H and O–H groups in total. The molecule has 1 fully saturated rings. The molecule has 1 heterocycles. The third kappa shape index (κ3) is 4.75. The van der Waals surface area contributed by atoms with Crippen LogP contribution in [0.25, 0.3) is 11.1 Å². The van der Waals surface area contributed by atoms with Crippen LogP contribution in [0.1, 0.15) is 22.0 Å². The summed E-state index contributed by atoms with van der Waals surface area (Å²) in [4.78, 5) is 27.4. The van der Waals surface area contributed by atoms with Crippen LogP contribution in [-0.4, -0.2) is 37.1 Å². The Morgan fingerprint density at radius 2 is 1.57 bits per heavy atom. The van der Waals surface area contributed by atoms with Crippen molar-refractivity contribution in [1.29, 1.82) is 0 Å². The summed E-state index contributed by atoms with van der Waals surface area (Å²) in [5.74, 6) is -1.81. The molecule has 37 heavy (non-hydrogen) atoms. The fourth-order valence-corrected chi connectivity index (χ4v) is 5.99. The lowest BCUT2D eigenvalue weighted by Gasteiger charge is -2.46. The van der Waals surface area contributed by atoms with Crippen LogP contribution in [0.5, 0.6) is 11.5 Å². The van der Waals surface area contributed by atoms with Gasteiger partial charge in [-0.05, 0) is 65.7 Å². The van der Waals surface area contributed by atoms with E-state index in [0.717, 1.165) is 12.1 Å². The van der Waals surface area contributed by atoms with Gasteiger partial charge in [-0.15, -0.1) is 0 Å². The molecule has 3 atom stereocenters. The van der Waals surface area contributed by atoms with E-state index in [1.165, 1.54) is 23.1 Å². The average molecular weight is 516 g/mol. The van der Waals surface area contributed by atoms with E-state index >= 15 is 0 Å². The lowest BCUT2D eigenvalue weighted by atomic mass is 9.90. The zero-order valence-electron chi connectivity index (χ0n) is 19.5. The van der Waals surface area contributed by atoms with E-state index in [2.05, 4.69) is 0 Å². The number of phenolic OH excluding ortho intramolecular Hbond substituents is 2. The van der Waals surface area contributed by atoms with Gasteiger partial charge in [0, 0.05) is 27.6 Å². The van der Waals surface area contributed by atoms with Crippen LogP contribution in [0.15, 0.2) is 97.1 Å². The van der Waals surface area contributed by atoms with Crippen molar-refractivity contribution in [3.05, 3.63) is 114 Å². The molecule has 5 rings (SSSR count). The smallest absolute Gasteiger partial charge is 0.245 e. The maximum absolute atomic E-state index is 13.3. The molecular formula is C29H22FNO5S. The normalized spacial score (nSPS) is 17.8. The fourth-order valence-electron chi connectivity index (χ4n) is 4.49. The maximum Gasteiger partial charge on any atom is 0.245 e. The average Bonchev–Trinajstić information content (AvgIpc) is 2.88. The Morgan fingerprint density at radius 3 is 2.24 bits per heavy atom. The number of amides is 1. The highest BCUT2D eigenvalue weighted by atomic mass is 32.2. The Kier molecular flexibility index (Phi) is 6.58. The molecule has 6 nitrogen and oxygen atoms in total. The van der Waals surface area contributed by atoms with E-state index in [9.17, 15) is 28.4 Å². The Morgan fingerprint density at radius 1 is 0.865 bits per heavy atom. The van der Waals surface area contributed by atoms with Crippen LogP contribution in [0, 0.1) is 5.82 Å². The van der Waals surface area contributed by atoms with Crippen LogP contribution >= 0.6 is 0 Å². The molecule has 4 aromatic carbocycles. The van der Waals surface area contributed by atoms with Gasteiger partial charge in [-0.3, -0.25) is 13.8 Å². The molecule has 8 heteroatoms. The lowest BCUT2D eigenvalue weighted by molar-refractivity contribution is -0.123. The third-order valence-corrected chi connectivity index (χ3v) is 7.90. The topological polar surface area (TPSA) is 94.9 Å². The van der Waals surface area contributed by atoms with Crippen LogP contribution in [0.4, 0.5) is 10.1 Å². The van der Waals surface area contributed by atoms with Crippen molar-refractivity contribution in [1.82, 2.24) is 0 Å². The second-order valence-electron chi connectivity index (χ2n) is 8.69. The number of anilines is 1. The predicted octanol–water partition coefficient (Wildman–Crippen LogP) is 4.99. The van der Waals surface area contributed by atoms with Crippen molar-refractivity contribution in [3.8, 4) is 22.6 Å². The number of halogens is 1. The number of ketones is 1. The molecule has 0 aromatic heterocycles. The molecule has 1 amide bonds. The van der Waals surface area contributed by atoms with Crippen LogP contribution in [0.3, 0.4) is 0 Å². The molecule has 1 unspecified atom stereocenters. The molecule has 1 aliphatic rings. The maximum atomic E-state index is 13.3. The van der Waals surface area contributed by atoms with E-state index in [1.54, 1.807) is 66.7 Å². The molecular weight excluding hydrogens is 493 g/mol. The molecule has 1 saturated heterocycles. The van der Waals surface area contributed by atoms with Gasteiger partial charge in [-0.2, -0.15) is 0 Å². The fraction of sp³-hybridized carbons (Fsp3) is 0.103. The Labute approximate surface area is 215 Å². The Bertz CT molecular complexity index is 1510. The number of carbonyl (C=O) groups is 2. The second-order valence-corrected chi connectivity index (χ2v) is 10.2. The Hall–Kier alpha value is -4.30. The SMILES string of the molecule is O=C(CS(=O)[C@H]1C(=O)N(c2ccccc2)[C@@H]1c1ccc(-c2cccc(O)c2)cc1O)c1ccc(F)cc1. The number of hydrogen-bond donors (Lipinski definition) is 2. The first-order valence-corrected chi connectivity index (χ1v) is 12.9. The minimum atomic E-state index is -1.90. The van der Waals surface area contributed by atoms with Gasteiger partial charge in [0.15, 0.2) is 5.78 Å². The Balaban J connectivity index is 1.48. The molecule has 186 valence electrons. The molecule has 0 aliphatic carbocycles. The predicted molar refractivity (Wildman–Crippen MR) is 139 cm³/mol. The number of para-hydroxylation sites is 1. The highest BCUT2D eigenvalue weighted by molar-refractivity contribution is 7.87. The molecule has 0 saturated carbocycles. The minimum Gasteiger partial charge on any atom is -0.508 e. The minimum absolute atomic E-state index is 0.0854. The summed E-state index contributed by atoms with van der Waals surface area (Å²) in [6.45, 7) is 0. The van der Waals surface area contributed by atoms with Gasteiger partial charge in [0.25, 0.3) is 0 Å². The third-order valence-electron chi connectivity index (χ3n) is 6.33. The number of hydrogen-bond acceptors (Lipinski definition) is 5. The zero-order valence-corrected chi connectivity index (χ0v) is 20.3. The molecule has 1 aliphatic heterocycles. The van der Waals surface area contributed by atoms with Gasteiger partial charge < -0.3 is 15.1 Å². The summed E-state index contributed by atoms with van der Waals surface area (Å²) in [5, 5.41) is 19.7. The largest absolute Gasteiger partial charge is 0.508 e. The van der Waals surface area contributed by atoms with Gasteiger partial charge in [0.05, 0.1) is 11.8 Å². The van der Waals surface area contributed by atoms with E-state index < -0.39 is 45.4 Å². The number of aromatic hydroxyl groups is 2. The highest BCUT2D eigenvalue weighted by Crippen LogP contribution is 2.45. The zero-order chi connectivity index (χ0) is 26.1. The standard InChI is InChI=1S/C29H22FNO5S/c30-21-12-9-18(10-13-21)26(34)17-37(36)28-27(31(29(28)35)22-6-2-1-3-7-22)24-14-11-20(16-25(24)33)19-5-4-8-23(32)15-19/h1-16,27-28,32-33H,17H2/t27-,28-,37?/m1/s1. The van der Waals surface area contributed by atoms with Crippen LogP contribution < -0.4 is 4.90 Å². The van der Waals surface area contributed by atoms with Gasteiger partial charge in [-0.1, -0.05) is 42.5 Å². The quantitative estimate of drug-likeness (QED) is 0.267. The monoisotopic (exact) mass is 515 g/mol. The number of Topliss-reactive ketones (excluding diaryl/α,β-unsaturated/α-hetero) is 1. The van der Waals surface area contributed by atoms with Crippen molar-refractivity contribution >= 4 is 28.2 Å². The van der Waals surface area contributed by atoms with Crippen LogP contribution in [0.2, 0.25) is 0 Å². The molecule has 0 radical (unpaired) electrons. The molecule has 0 bridgehead atoms. The lowest BCUT2D eigenvalue weighted by Crippen LogP contribution is -2.61. The van der Waals surface area contributed by atoms with E-state index in [-0.39, 0.29) is 17.1 Å². The van der Waals surface area contributed by atoms with Crippen molar-refractivity contribution in [3.63, 3.8) is 0 Å². The summed E-state index contributed by atoms with van der Waals surface area (Å²) in [6.07, 6.45) is 0. The van der Waals surface area contributed by atoms with Gasteiger partial charge in [-0.25, -0.2) is 4.39 Å². The van der Waals surface area contributed by atoms with E-state index in [0.29, 0.717) is 22.4 Å². The molecule has 0 spiro atoms. The summed E-state index contributed by atoms with van der Waals surface area (Å²) in [7, 11) is -1.90. The summed E-state index contributed by atoms with van der Waals surface area (Å²) in [5.41, 5.74) is 2.51. The second kappa shape index (κ2) is 9.99. The summed E-state index contributed by atoms with van der Waals surface area (Å²) < 4.78 is 26.6. The first-order chi connectivity index (χ1) is 17.8. The first-order valence-electron chi connectivity index (χ1n) is 11.5. The van der Waals surface area contributed by atoms with Gasteiger partial charge in [0.2, 0.25) is 5.91 Å².